The van der Waals surface area contributed by atoms with Gasteiger partial charge in [-0.25, -0.2) is 0 Å². The number of hydrogen-bond acceptors (Lipinski definition) is 4. The monoisotopic (exact) mass is 278 g/mol. The highest BCUT2D eigenvalue weighted by molar-refractivity contribution is 6.07. The summed E-state index contributed by atoms with van der Waals surface area (Å²) in [4.78, 5) is 36.3. The molecule has 2 amide bonds. The highest BCUT2D eigenvalue weighted by Crippen LogP contribution is 2.16. The molecule has 0 radical (unpaired) electrons. The molecular weight excluding hydrogens is 260 g/mol. The van der Waals surface area contributed by atoms with Gasteiger partial charge in [-0.15, -0.1) is 0 Å². The third-order valence-corrected chi connectivity index (χ3v) is 2.45. The summed E-state index contributed by atoms with van der Waals surface area (Å²) in [5.41, 5.74) is 0.746. The Kier molecular flexibility index (Phi) is 5.71. The average Bonchev–Trinajstić information content (AvgIpc) is 2.38. The Morgan fingerprint density at radius 3 is 2.45 bits per heavy atom. The average molecular weight is 278 g/mol. The molecule has 0 aliphatic carbocycles. The largest absolute Gasteiger partial charge is 0.466 e. The van der Waals surface area contributed by atoms with E-state index in [1.54, 1.807) is 45.3 Å². The maximum atomic E-state index is 12.0. The van der Waals surface area contributed by atoms with Gasteiger partial charge in [0, 0.05) is 14.1 Å². The lowest BCUT2D eigenvalue weighted by molar-refractivity contribution is -0.145. The van der Waals surface area contributed by atoms with Crippen LogP contribution in [0.1, 0.15) is 23.7 Å². The molecule has 0 atom stereocenters. The molecule has 0 unspecified atom stereocenters. The number of nitrogens with zero attached hydrogens (tertiary/aromatic N) is 1. The van der Waals surface area contributed by atoms with E-state index in [2.05, 4.69) is 5.32 Å². The van der Waals surface area contributed by atoms with Crippen LogP contribution in [0.3, 0.4) is 0 Å². The van der Waals surface area contributed by atoms with Crippen molar-refractivity contribution in [2.45, 2.75) is 13.3 Å². The van der Waals surface area contributed by atoms with Crippen LogP contribution in [0, 0.1) is 0 Å². The topological polar surface area (TPSA) is 75.7 Å². The van der Waals surface area contributed by atoms with E-state index in [1.165, 1.54) is 4.90 Å². The Labute approximate surface area is 117 Å². The quantitative estimate of drug-likeness (QED) is 0.650. The number of hydrogen-bond donors (Lipinski definition) is 1. The Bertz CT molecular complexity index is 512. The van der Waals surface area contributed by atoms with Crippen LogP contribution in [0.25, 0.3) is 0 Å². The van der Waals surface area contributed by atoms with Crippen LogP contribution in [0.2, 0.25) is 0 Å². The minimum atomic E-state index is -0.596. The van der Waals surface area contributed by atoms with Gasteiger partial charge in [0.2, 0.25) is 5.91 Å². The van der Waals surface area contributed by atoms with Crippen molar-refractivity contribution >= 4 is 23.5 Å². The smallest absolute Gasteiger partial charge is 0.315 e. The van der Waals surface area contributed by atoms with Gasteiger partial charge in [-0.05, 0) is 19.1 Å². The van der Waals surface area contributed by atoms with Crippen LogP contribution in [0.15, 0.2) is 24.3 Å². The lowest BCUT2D eigenvalue weighted by Crippen LogP contribution is -2.24. The van der Waals surface area contributed by atoms with Gasteiger partial charge >= 0.3 is 5.97 Å². The minimum Gasteiger partial charge on any atom is -0.466 e. The van der Waals surface area contributed by atoms with E-state index in [-0.39, 0.29) is 18.9 Å². The first-order valence-corrected chi connectivity index (χ1v) is 6.21. The zero-order valence-electron chi connectivity index (χ0n) is 11.8. The van der Waals surface area contributed by atoms with Crippen LogP contribution in [0.4, 0.5) is 5.69 Å². The van der Waals surface area contributed by atoms with Gasteiger partial charge in [0.05, 0.1) is 17.9 Å². The summed E-state index contributed by atoms with van der Waals surface area (Å²) in [6, 6.07) is 6.63. The van der Waals surface area contributed by atoms with Crippen molar-refractivity contribution in [2.75, 3.05) is 26.0 Å². The first kappa shape index (κ1) is 15.7. The number of carbonyl (C=O) groups is 3. The third-order valence-electron chi connectivity index (χ3n) is 2.45. The predicted octanol–water partition coefficient (Wildman–Crippen LogP) is 1.28. The van der Waals surface area contributed by atoms with Crippen LogP contribution < -0.4 is 5.32 Å². The van der Waals surface area contributed by atoms with E-state index in [1.807, 2.05) is 0 Å². The molecule has 1 N–H and O–H groups in total. The Morgan fingerprint density at radius 2 is 1.85 bits per heavy atom. The van der Waals surface area contributed by atoms with E-state index < -0.39 is 11.9 Å². The van der Waals surface area contributed by atoms with Crippen LogP contribution in [0.5, 0.6) is 0 Å². The number of para-hydroxylation sites is 1. The van der Waals surface area contributed by atoms with Crippen molar-refractivity contribution in [2.24, 2.45) is 0 Å². The van der Waals surface area contributed by atoms with Crippen LogP contribution in [-0.4, -0.2) is 43.4 Å². The summed E-state index contributed by atoms with van der Waals surface area (Å²) < 4.78 is 4.69. The summed E-state index contributed by atoms with van der Waals surface area (Å²) in [5.74, 6) is -1.33. The van der Waals surface area contributed by atoms with Gasteiger partial charge < -0.3 is 15.0 Å². The molecule has 108 valence electrons. The zero-order valence-corrected chi connectivity index (χ0v) is 11.8. The number of esters is 1. The molecule has 0 fully saturated rings. The van der Waals surface area contributed by atoms with E-state index in [4.69, 9.17) is 4.74 Å². The molecular formula is C14H18N2O4. The summed E-state index contributed by atoms with van der Waals surface area (Å²) in [5, 5.41) is 2.55. The lowest BCUT2D eigenvalue weighted by Gasteiger charge is -2.14. The van der Waals surface area contributed by atoms with E-state index >= 15 is 0 Å². The molecule has 6 nitrogen and oxygen atoms in total. The van der Waals surface area contributed by atoms with Gasteiger partial charge in [0.25, 0.3) is 5.91 Å². The van der Waals surface area contributed by atoms with Crippen LogP contribution in [-0.2, 0) is 14.3 Å². The molecule has 1 rings (SSSR count). The summed E-state index contributed by atoms with van der Waals surface area (Å²) in [6.45, 7) is 1.89. The SMILES string of the molecule is CCOC(=O)CC(=O)Nc1ccccc1C(=O)N(C)C. The van der Waals surface area contributed by atoms with Gasteiger partial charge in [-0.1, -0.05) is 12.1 Å². The van der Waals surface area contributed by atoms with Crippen molar-refractivity contribution in [3.8, 4) is 0 Å². The van der Waals surface area contributed by atoms with E-state index in [0.717, 1.165) is 0 Å². The van der Waals surface area contributed by atoms with Gasteiger partial charge in [-0.3, -0.25) is 14.4 Å². The molecule has 0 spiro atoms. The van der Waals surface area contributed by atoms with Gasteiger partial charge in [-0.2, -0.15) is 0 Å². The highest BCUT2D eigenvalue weighted by atomic mass is 16.5. The second-order valence-corrected chi connectivity index (χ2v) is 4.28. The van der Waals surface area contributed by atoms with Crippen molar-refractivity contribution in [3.05, 3.63) is 29.8 Å². The minimum absolute atomic E-state index is 0.224. The van der Waals surface area contributed by atoms with E-state index in [0.29, 0.717) is 11.3 Å². The van der Waals surface area contributed by atoms with Crippen molar-refractivity contribution in [3.63, 3.8) is 0 Å². The lowest BCUT2D eigenvalue weighted by atomic mass is 10.1. The zero-order chi connectivity index (χ0) is 15.1. The van der Waals surface area contributed by atoms with Crippen LogP contribution >= 0.6 is 0 Å². The molecule has 0 aliphatic rings. The normalized spacial score (nSPS) is 9.75. The molecule has 0 aromatic heterocycles. The van der Waals surface area contributed by atoms with E-state index in [9.17, 15) is 14.4 Å². The second kappa shape index (κ2) is 7.28. The van der Waals surface area contributed by atoms with Gasteiger partial charge in [0.1, 0.15) is 6.42 Å². The molecule has 1 aromatic rings. The predicted molar refractivity (Wildman–Crippen MR) is 74.3 cm³/mol. The molecule has 6 heteroatoms. The molecule has 0 saturated heterocycles. The first-order chi connectivity index (χ1) is 9.45. The third kappa shape index (κ3) is 4.38. The fourth-order valence-electron chi connectivity index (χ4n) is 1.56. The molecule has 1 aromatic carbocycles. The Morgan fingerprint density at radius 1 is 1.20 bits per heavy atom. The second-order valence-electron chi connectivity index (χ2n) is 4.28. The summed E-state index contributed by atoms with van der Waals surface area (Å²) >= 11 is 0. The fourth-order valence-corrected chi connectivity index (χ4v) is 1.56. The maximum absolute atomic E-state index is 12.0. The number of carbonyl (C=O) groups excluding carboxylic acids is 3. The number of rotatable bonds is 5. The number of amides is 2. The highest BCUT2D eigenvalue weighted by Gasteiger charge is 2.16. The maximum Gasteiger partial charge on any atom is 0.315 e. The Balaban J connectivity index is 2.80. The molecule has 0 aliphatic heterocycles. The van der Waals surface area contributed by atoms with Gasteiger partial charge in [0.15, 0.2) is 0 Å². The van der Waals surface area contributed by atoms with Crippen molar-refractivity contribution in [1.82, 2.24) is 4.90 Å². The fraction of sp³-hybridized carbons (Fsp3) is 0.357. The molecule has 20 heavy (non-hydrogen) atoms. The number of nitrogens with one attached hydrogen (secondary N) is 1. The molecule has 0 saturated carbocycles. The standard InChI is InChI=1S/C14H18N2O4/c1-4-20-13(18)9-12(17)15-11-8-6-5-7-10(11)14(19)16(2)3/h5-8H,4,9H2,1-3H3,(H,15,17). The molecule has 0 heterocycles. The Hall–Kier alpha value is -2.37. The van der Waals surface area contributed by atoms with Crippen molar-refractivity contribution < 1.29 is 19.1 Å². The summed E-state index contributed by atoms with van der Waals surface area (Å²) in [6.07, 6.45) is -0.377. The number of anilines is 1. The first-order valence-electron chi connectivity index (χ1n) is 6.21. The number of benzene rings is 1. The summed E-state index contributed by atoms with van der Waals surface area (Å²) in [7, 11) is 3.25. The molecule has 0 bridgehead atoms. The number of ether oxygens (including phenoxy) is 1. The van der Waals surface area contributed by atoms with Crippen molar-refractivity contribution in [1.29, 1.82) is 0 Å².